The SMILES string of the molecule is CCCCC[C@H]1N[C@@H]1C. The highest BCUT2D eigenvalue weighted by atomic mass is 15.1. The molecule has 1 saturated heterocycles. The Morgan fingerprint density at radius 3 is 2.44 bits per heavy atom. The molecule has 0 unspecified atom stereocenters. The summed E-state index contributed by atoms with van der Waals surface area (Å²) in [6.07, 6.45) is 5.57. The van der Waals surface area contributed by atoms with E-state index in [1.807, 2.05) is 0 Å². The summed E-state index contributed by atoms with van der Waals surface area (Å²) in [5.41, 5.74) is 0. The number of rotatable bonds is 4. The van der Waals surface area contributed by atoms with E-state index in [0.29, 0.717) is 0 Å². The van der Waals surface area contributed by atoms with Crippen LogP contribution in [0, 0.1) is 0 Å². The number of unbranched alkanes of at least 4 members (excludes halogenated alkanes) is 2. The third-order valence-electron chi connectivity index (χ3n) is 2.09. The fourth-order valence-corrected chi connectivity index (χ4v) is 1.23. The van der Waals surface area contributed by atoms with Crippen LogP contribution in [0.25, 0.3) is 0 Å². The normalized spacial score (nSPS) is 32.7. The van der Waals surface area contributed by atoms with Crippen LogP contribution in [0.4, 0.5) is 0 Å². The predicted molar refractivity (Wildman–Crippen MR) is 40.5 cm³/mol. The summed E-state index contributed by atoms with van der Waals surface area (Å²) in [5, 5.41) is 3.39. The summed E-state index contributed by atoms with van der Waals surface area (Å²) < 4.78 is 0. The Balaban J connectivity index is 1.83. The second-order valence-electron chi connectivity index (χ2n) is 3.06. The Kier molecular flexibility index (Phi) is 2.52. The van der Waals surface area contributed by atoms with Gasteiger partial charge in [-0.15, -0.1) is 0 Å². The maximum absolute atomic E-state index is 3.39. The second kappa shape index (κ2) is 3.21. The van der Waals surface area contributed by atoms with Crippen molar-refractivity contribution in [1.82, 2.24) is 5.32 Å². The van der Waals surface area contributed by atoms with Crippen molar-refractivity contribution in [3.05, 3.63) is 0 Å². The molecule has 1 N–H and O–H groups in total. The summed E-state index contributed by atoms with van der Waals surface area (Å²) in [6, 6.07) is 1.69. The molecule has 1 fully saturated rings. The first-order chi connectivity index (χ1) is 4.34. The third kappa shape index (κ3) is 2.35. The minimum absolute atomic E-state index is 0.821. The molecular weight excluding hydrogens is 110 g/mol. The molecular formula is C8H17N. The Bertz CT molecular complexity index is 80.6. The summed E-state index contributed by atoms with van der Waals surface area (Å²) >= 11 is 0. The quantitative estimate of drug-likeness (QED) is 0.452. The molecule has 1 heterocycles. The molecule has 0 bridgehead atoms. The van der Waals surface area contributed by atoms with Gasteiger partial charge in [-0.3, -0.25) is 0 Å². The first-order valence-electron chi connectivity index (χ1n) is 4.10. The van der Waals surface area contributed by atoms with Crippen LogP contribution in [0.3, 0.4) is 0 Å². The van der Waals surface area contributed by atoms with Gasteiger partial charge in [0.15, 0.2) is 0 Å². The molecule has 0 spiro atoms. The van der Waals surface area contributed by atoms with Gasteiger partial charge in [0, 0.05) is 12.1 Å². The lowest BCUT2D eigenvalue weighted by Gasteiger charge is -1.93. The number of nitrogens with one attached hydrogen (secondary N) is 1. The Labute approximate surface area is 57.8 Å². The first kappa shape index (κ1) is 7.07. The molecule has 0 aromatic carbocycles. The Morgan fingerprint density at radius 2 is 2.00 bits per heavy atom. The van der Waals surface area contributed by atoms with Crippen LogP contribution >= 0.6 is 0 Å². The van der Waals surface area contributed by atoms with E-state index in [-0.39, 0.29) is 0 Å². The van der Waals surface area contributed by atoms with Crippen LogP contribution in [0.1, 0.15) is 39.5 Å². The zero-order valence-electron chi connectivity index (χ0n) is 6.48. The van der Waals surface area contributed by atoms with E-state index in [1.54, 1.807) is 0 Å². The molecule has 54 valence electrons. The molecule has 0 aromatic rings. The van der Waals surface area contributed by atoms with E-state index >= 15 is 0 Å². The Morgan fingerprint density at radius 1 is 1.33 bits per heavy atom. The smallest absolute Gasteiger partial charge is 0.0221 e. The molecule has 0 aliphatic carbocycles. The van der Waals surface area contributed by atoms with E-state index in [1.165, 1.54) is 25.7 Å². The minimum Gasteiger partial charge on any atom is -0.308 e. The summed E-state index contributed by atoms with van der Waals surface area (Å²) in [6.45, 7) is 4.51. The van der Waals surface area contributed by atoms with Gasteiger partial charge < -0.3 is 5.32 Å². The van der Waals surface area contributed by atoms with Gasteiger partial charge in [-0.1, -0.05) is 26.2 Å². The van der Waals surface area contributed by atoms with Crippen molar-refractivity contribution in [3.8, 4) is 0 Å². The average molecular weight is 127 g/mol. The summed E-state index contributed by atoms with van der Waals surface area (Å²) in [4.78, 5) is 0. The monoisotopic (exact) mass is 127 g/mol. The highest BCUT2D eigenvalue weighted by Gasteiger charge is 2.29. The molecule has 1 aliphatic heterocycles. The topological polar surface area (TPSA) is 21.9 Å². The summed E-state index contributed by atoms with van der Waals surface area (Å²) in [5.74, 6) is 0. The van der Waals surface area contributed by atoms with E-state index < -0.39 is 0 Å². The predicted octanol–water partition coefficient (Wildman–Crippen LogP) is 1.93. The molecule has 0 radical (unpaired) electrons. The molecule has 1 heteroatoms. The van der Waals surface area contributed by atoms with Crippen molar-refractivity contribution < 1.29 is 0 Å². The van der Waals surface area contributed by atoms with Gasteiger partial charge in [0.25, 0.3) is 0 Å². The van der Waals surface area contributed by atoms with Gasteiger partial charge in [0.1, 0.15) is 0 Å². The fourth-order valence-electron chi connectivity index (χ4n) is 1.23. The molecule has 0 amide bonds. The molecule has 1 rings (SSSR count). The van der Waals surface area contributed by atoms with Gasteiger partial charge in [-0.25, -0.2) is 0 Å². The summed E-state index contributed by atoms with van der Waals surface area (Å²) in [7, 11) is 0. The zero-order chi connectivity index (χ0) is 6.69. The van der Waals surface area contributed by atoms with Crippen LogP contribution < -0.4 is 5.32 Å². The largest absolute Gasteiger partial charge is 0.308 e. The molecule has 9 heavy (non-hydrogen) atoms. The third-order valence-corrected chi connectivity index (χ3v) is 2.09. The van der Waals surface area contributed by atoms with E-state index in [9.17, 15) is 0 Å². The number of hydrogen-bond donors (Lipinski definition) is 1. The number of hydrogen-bond acceptors (Lipinski definition) is 1. The van der Waals surface area contributed by atoms with Gasteiger partial charge in [0.05, 0.1) is 0 Å². The van der Waals surface area contributed by atoms with E-state index in [0.717, 1.165) is 12.1 Å². The van der Waals surface area contributed by atoms with Crippen LogP contribution in [-0.4, -0.2) is 12.1 Å². The Hall–Kier alpha value is -0.0400. The van der Waals surface area contributed by atoms with Crippen molar-refractivity contribution in [2.24, 2.45) is 0 Å². The molecule has 1 aliphatic rings. The van der Waals surface area contributed by atoms with Crippen molar-refractivity contribution in [2.45, 2.75) is 51.6 Å². The first-order valence-corrected chi connectivity index (χ1v) is 4.10. The fraction of sp³-hybridized carbons (Fsp3) is 1.00. The molecule has 1 nitrogen and oxygen atoms in total. The minimum atomic E-state index is 0.821. The van der Waals surface area contributed by atoms with Crippen LogP contribution in [0.2, 0.25) is 0 Å². The molecule has 0 aromatic heterocycles. The van der Waals surface area contributed by atoms with Crippen molar-refractivity contribution in [3.63, 3.8) is 0 Å². The maximum atomic E-state index is 3.39. The van der Waals surface area contributed by atoms with Gasteiger partial charge in [-0.2, -0.15) is 0 Å². The highest BCUT2D eigenvalue weighted by Crippen LogP contribution is 2.16. The molecule has 0 saturated carbocycles. The zero-order valence-corrected chi connectivity index (χ0v) is 6.48. The molecule has 2 atom stereocenters. The second-order valence-corrected chi connectivity index (χ2v) is 3.06. The standard InChI is InChI=1S/C8H17N/c1-3-4-5-6-8-7(2)9-8/h7-9H,3-6H2,1-2H3/t7-,8-/m1/s1. The lowest BCUT2D eigenvalue weighted by atomic mass is 10.1. The van der Waals surface area contributed by atoms with E-state index in [2.05, 4.69) is 19.2 Å². The average Bonchev–Trinajstić information content (AvgIpc) is 2.48. The van der Waals surface area contributed by atoms with Gasteiger partial charge in [0.2, 0.25) is 0 Å². The highest BCUT2D eigenvalue weighted by molar-refractivity contribution is 4.93. The van der Waals surface area contributed by atoms with Crippen LogP contribution in [-0.2, 0) is 0 Å². The van der Waals surface area contributed by atoms with Crippen molar-refractivity contribution in [2.75, 3.05) is 0 Å². The van der Waals surface area contributed by atoms with Crippen molar-refractivity contribution in [1.29, 1.82) is 0 Å². The lowest BCUT2D eigenvalue weighted by Crippen LogP contribution is -1.90. The lowest BCUT2D eigenvalue weighted by molar-refractivity contribution is 0.653. The van der Waals surface area contributed by atoms with Crippen molar-refractivity contribution >= 4 is 0 Å². The van der Waals surface area contributed by atoms with Gasteiger partial charge in [-0.05, 0) is 13.3 Å². The van der Waals surface area contributed by atoms with E-state index in [4.69, 9.17) is 0 Å². The maximum Gasteiger partial charge on any atom is 0.0221 e. The van der Waals surface area contributed by atoms with Crippen LogP contribution in [0.15, 0.2) is 0 Å². The van der Waals surface area contributed by atoms with Gasteiger partial charge >= 0.3 is 0 Å². The van der Waals surface area contributed by atoms with Crippen LogP contribution in [0.5, 0.6) is 0 Å².